The fraction of sp³-hybridized carbons (Fsp3) is 0.429. The predicted octanol–water partition coefficient (Wildman–Crippen LogP) is 2.05. The third kappa shape index (κ3) is 2.74. The first-order valence-electron chi connectivity index (χ1n) is 6.83. The van der Waals surface area contributed by atoms with Gasteiger partial charge in [0.05, 0.1) is 17.9 Å². The molecule has 8 heteroatoms. The van der Waals surface area contributed by atoms with Gasteiger partial charge in [0.25, 0.3) is 5.56 Å². The van der Waals surface area contributed by atoms with Crippen LogP contribution in [0.4, 0.5) is 0 Å². The topological polar surface area (TPSA) is 109 Å². The van der Waals surface area contributed by atoms with Crippen LogP contribution in [0.2, 0.25) is 0 Å². The van der Waals surface area contributed by atoms with Gasteiger partial charge in [-0.15, -0.1) is 11.3 Å². The molecule has 2 rings (SSSR count). The molecule has 0 aromatic carbocycles. The summed E-state index contributed by atoms with van der Waals surface area (Å²) in [5, 5.41) is 9.23. The molecule has 0 spiro atoms. The molecule has 2 aromatic rings. The number of nitrogens with one attached hydrogen (secondary N) is 1. The number of carboxylic acids is 1. The van der Waals surface area contributed by atoms with Crippen molar-refractivity contribution in [2.45, 2.75) is 33.1 Å². The Morgan fingerprint density at radius 2 is 2.09 bits per heavy atom. The quantitative estimate of drug-likeness (QED) is 0.815. The molecule has 0 radical (unpaired) electrons. The van der Waals surface area contributed by atoms with Crippen LogP contribution in [0.3, 0.4) is 0 Å². The molecule has 0 aliphatic heterocycles. The third-order valence-electron chi connectivity index (χ3n) is 3.32. The molecular formula is C14H16N2O5S. The number of hydrogen-bond donors (Lipinski definition) is 2. The highest BCUT2D eigenvalue weighted by atomic mass is 32.1. The molecule has 0 aliphatic carbocycles. The van der Waals surface area contributed by atoms with Gasteiger partial charge in [-0.3, -0.25) is 9.59 Å². The molecule has 0 saturated heterocycles. The molecule has 0 aliphatic rings. The van der Waals surface area contributed by atoms with Crippen LogP contribution in [0.5, 0.6) is 0 Å². The summed E-state index contributed by atoms with van der Waals surface area (Å²) in [5.41, 5.74) is 0.0242. The van der Waals surface area contributed by atoms with Crippen molar-refractivity contribution >= 4 is 33.5 Å². The summed E-state index contributed by atoms with van der Waals surface area (Å²) in [5.74, 6) is -2.67. The Morgan fingerprint density at radius 1 is 1.41 bits per heavy atom. The number of thiophene rings is 1. The van der Waals surface area contributed by atoms with Crippen molar-refractivity contribution in [3.8, 4) is 0 Å². The summed E-state index contributed by atoms with van der Waals surface area (Å²) in [4.78, 5) is 42.6. The summed E-state index contributed by atoms with van der Waals surface area (Å²) in [6.45, 7) is 5.59. The second-order valence-electron chi connectivity index (χ2n) is 4.68. The number of carbonyl (C=O) groups is 2. The van der Waals surface area contributed by atoms with Gasteiger partial charge in [-0.25, -0.2) is 9.78 Å². The van der Waals surface area contributed by atoms with Gasteiger partial charge < -0.3 is 14.8 Å². The maximum Gasteiger partial charge on any atom is 0.372 e. The van der Waals surface area contributed by atoms with Crippen LogP contribution in [0.25, 0.3) is 10.2 Å². The average molecular weight is 324 g/mol. The maximum absolute atomic E-state index is 12.2. The Bertz CT molecular complexity index is 792. The minimum absolute atomic E-state index is 0.258. The first-order chi connectivity index (χ1) is 10.4. The van der Waals surface area contributed by atoms with Gasteiger partial charge >= 0.3 is 11.9 Å². The summed E-state index contributed by atoms with van der Waals surface area (Å²) in [7, 11) is 0. The molecule has 1 unspecified atom stereocenters. The second kappa shape index (κ2) is 6.27. The molecule has 0 bridgehead atoms. The number of carboxylic acid groups (broad SMARTS) is 1. The molecule has 2 aromatic heterocycles. The highest BCUT2D eigenvalue weighted by Gasteiger charge is 2.28. The van der Waals surface area contributed by atoms with Gasteiger partial charge in [-0.05, 0) is 25.8 Å². The van der Waals surface area contributed by atoms with Crippen LogP contribution in [0.15, 0.2) is 4.79 Å². The van der Waals surface area contributed by atoms with Crippen molar-refractivity contribution in [1.82, 2.24) is 9.97 Å². The van der Waals surface area contributed by atoms with E-state index in [2.05, 4.69) is 9.97 Å². The number of aryl methyl sites for hydroxylation is 1. The van der Waals surface area contributed by atoms with Crippen LogP contribution in [-0.2, 0) is 9.53 Å². The van der Waals surface area contributed by atoms with Crippen molar-refractivity contribution in [3.63, 3.8) is 0 Å². The number of nitrogens with zero attached hydrogens (tertiary/aromatic N) is 1. The van der Waals surface area contributed by atoms with Gasteiger partial charge in [-0.2, -0.15) is 0 Å². The monoisotopic (exact) mass is 324 g/mol. The highest BCUT2D eigenvalue weighted by molar-refractivity contribution is 7.18. The SMILES string of the molecule is CCOC(=O)C(CC)c1c(C)sc2nc(C(=O)O)[nH]c(=O)c12. The van der Waals surface area contributed by atoms with Gasteiger partial charge in [0.2, 0.25) is 5.82 Å². The summed E-state index contributed by atoms with van der Waals surface area (Å²) >= 11 is 1.20. The number of ether oxygens (including phenoxy) is 1. The van der Waals surface area contributed by atoms with Crippen LogP contribution >= 0.6 is 11.3 Å². The fourth-order valence-electron chi connectivity index (χ4n) is 2.39. The molecule has 2 N–H and O–H groups in total. The minimum Gasteiger partial charge on any atom is -0.475 e. The van der Waals surface area contributed by atoms with Crippen molar-refractivity contribution in [2.75, 3.05) is 6.61 Å². The molecule has 0 amide bonds. The first kappa shape index (κ1) is 16.2. The third-order valence-corrected chi connectivity index (χ3v) is 4.33. The van der Waals surface area contributed by atoms with E-state index >= 15 is 0 Å². The zero-order valence-corrected chi connectivity index (χ0v) is 13.2. The molecule has 1 atom stereocenters. The lowest BCUT2D eigenvalue weighted by Crippen LogP contribution is -2.20. The van der Waals surface area contributed by atoms with E-state index in [0.29, 0.717) is 16.8 Å². The average Bonchev–Trinajstić information content (AvgIpc) is 2.77. The molecular weight excluding hydrogens is 308 g/mol. The number of rotatable bonds is 5. The first-order valence-corrected chi connectivity index (χ1v) is 7.65. The molecule has 0 fully saturated rings. The Hall–Kier alpha value is -2.22. The largest absolute Gasteiger partial charge is 0.475 e. The highest BCUT2D eigenvalue weighted by Crippen LogP contribution is 2.35. The molecule has 118 valence electrons. The summed E-state index contributed by atoms with van der Waals surface area (Å²) in [6, 6.07) is 0. The zero-order chi connectivity index (χ0) is 16.4. The number of hydrogen-bond acceptors (Lipinski definition) is 6. The van der Waals surface area contributed by atoms with Crippen molar-refractivity contribution in [1.29, 1.82) is 0 Å². The van der Waals surface area contributed by atoms with E-state index in [1.807, 2.05) is 6.92 Å². The van der Waals surface area contributed by atoms with Crippen LogP contribution in [0.1, 0.15) is 47.2 Å². The fourth-order valence-corrected chi connectivity index (χ4v) is 3.48. The van der Waals surface area contributed by atoms with E-state index in [1.54, 1.807) is 13.8 Å². The maximum atomic E-state index is 12.2. The molecule has 0 saturated carbocycles. The van der Waals surface area contributed by atoms with Gasteiger partial charge in [0.1, 0.15) is 4.83 Å². The smallest absolute Gasteiger partial charge is 0.372 e. The Kier molecular flexibility index (Phi) is 4.60. The normalized spacial score (nSPS) is 12.3. The number of aromatic nitrogens is 2. The Balaban J connectivity index is 2.69. The molecule has 2 heterocycles. The second-order valence-corrected chi connectivity index (χ2v) is 5.89. The van der Waals surface area contributed by atoms with Crippen LogP contribution in [-0.4, -0.2) is 33.6 Å². The minimum atomic E-state index is -1.30. The number of carbonyl (C=O) groups excluding carboxylic acids is 1. The van der Waals surface area contributed by atoms with Crippen molar-refractivity contribution in [2.24, 2.45) is 0 Å². The van der Waals surface area contributed by atoms with Crippen molar-refractivity contribution in [3.05, 3.63) is 26.6 Å². The Labute approximate surface area is 130 Å². The van der Waals surface area contributed by atoms with Gasteiger partial charge in [0, 0.05) is 4.88 Å². The number of aromatic amines is 1. The van der Waals surface area contributed by atoms with Gasteiger partial charge in [-0.1, -0.05) is 6.92 Å². The van der Waals surface area contributed by atoms with E-state index in [4.69, 9.17) is 9.84 Å². The standard InChI is InChI=1S/C14H16N2O5S/c1-4-7(14(20)21-5-2)8-6(3)22-12-9(8)11(17)15-10(16-12)13(18)19/h7H,4-5H2,1-3H3,(H,18,19)(H,15,16,17). The lowest BCUT2D eigenvalue weighted by atomic mass is 9.95. The number of aromatic carboxylic acids is 1. The summed E-state index contributed by atoms with van der Waals surface area (Å²) in [6.07, 6.45) is 0.478. The lowest BCUT2D eigenvalue weighted by Gasteiger charge is -2.13. The number of fused-ring (bicyclic) bond motifs is 1. The number of esters is 1. The summed E-state index contributed by atoms with van der Waals surface area (Å²) < 4.78 is 5.06. The van der Waals surface area contributed by atoms with Crippen LogP contribution in [0, 0.1) is 6.92 Å². The van der Waals surface area contributed by atoms with E-state index < -0.39 is 29.2 Å². The number of H-pyrrole nitrogens is 1. The van der Waals surface area contributed by atoms with E-state index in [-0.39, 0.29) is 12.0 Å². The van der Waals surface area contributed by atoms with E-state index in [9.17, 15) is 14.4 Å². The zero-order valence-electron chi connectivity index (χ0n) is 12.4. The molecule has 7 nitrogen and oxygen atoms in total. The van der Waals surface area contributed by atoms with Crippen LogP contribution < -0.4 is 5.56 Å². The van der Waals surface area contributed by atoms with Crippen molar-refractivity contribution < 1.29 is 19.4 Å². The van der Waals surface area contributed by atoms with E-state index in [0.717, 1.165) is 4.88 Å². The molecule has 22 heavy (non-hydrogen) atoms. The predicted molar refractivity (Wildman–Crippen MR) is 81.6 cm³/mol. The lowest BCUT2D eigenvalue weighted by molar-refractivity contribution is -0.145. The van der Waals surface area contributed by atoms with E-state index in [1.165, 1.54) is 11.3 Å². The van der Waals surface area contributed by atoms with Gasteiger partial charge in [0.15, 0.2) is 0 Å². The Morgan fingerprint density at radius 3 is 2.64 bits per heavy atom.